The van der Waals surface area contributed by atoms with Crippen molar-refractivity contribution < 1.29 is 8.42 Å². The summed E-state index contributed by atoms with van der Waals surface area (Å²) in [6.45, 7) is 2.77. The molecule has 1 heterocycles. The second-order valence-corrected chi connectivity index (χ2v) is 6.44. The van der Waals surface area contributed by atoms with E-state index in [2.05, 4.69) is 0 Å². The number of hydrogen-bond donors (Lipinski definition) is 1. The first-order valence-electron chi connectivity index (χ1n) is 5.51. The van der Waals surface area contributed by atoms with Gasteiger partial charge >= 0.3 is 0 Å². The first kappa shape index (κ1) is 13.3. The summed E-state index contributed by atoms with van der Waals surface area (Å²) >= 11 is 0. The lowest BCUT2D eigenvalue weighted by molar-refractivity contribution is 0.591. The van der Waals surface area contributed by atoms with Crippen LogP contribution in [-0.4, -0.2) is 25.0 Å². The summed E-state index contributed by atoms with van der Waals surface area (Å²) in [5, 5.41) is 0. The van der Waals surface area contributed by atoms with Gasteiger partial charge in [-0.25, -0.2) is 8.42 Å². The lowest BCUT2D eigenvalue weighted by atomic mass is 10.1. The van der Waals surface area contributed by atoms with E-state index in [1.165, 1.54) is 6.26 Å². The Morgan fingerprint density at radius 2 is 2.19 bits per heavy atom. The van der Waals surface area contributed by atoms with Crippen LogP contribution in [0.15, 0.2) is 18.5 Å². The van der Waals surface area contributed by atoms with Gasteiger partial charge in [-0.05, 0) is 24.5 Å². The predicted molar refractivity (Wildman–Crippen MR) is 66.0 cm³/mol. The number of rotatable bonds is 6. The van der Waals surface area contributed by atoms with Gasteiger partial charge in [0.15, 0.2) is 0 Å². The molecule has 1 unspecified atom stereocenters. The van der Waals surface area contributed by atoms with Crippen LogP contribution < -0.4 is 5.73 Å². The van der Waals surface area contributed by atoms with Crippen LogP contribution in [0.3, 0.4) is 0 Å². The topological polar surface area (TPSA) is 65.1 Å². The first-order chi connectivity index (χ1) is 7.42. The van der Waals surface area contributed by atoms with E-state index in [-0.39, 0.29) is 11.8 Å². The summed E-state index contributed by atoms with van der Waals surface area (Å²) in [5.41, 5.74) is 7.01. The van der Waals surface area contributed by atoms with Gasteiger partial charge in [-0.2, -0.15) is 0 Å². The minimum Gasteiger partial charge on any atom is -0.354 e. The van der Waals surface area contributed by atoms with Gasteiger partial charge in [-0.3, -0.25) is 0 Å². The highest BCUT2D eigenvalue weighted by atomic mass is 32.2. The molecule has 0 amide bonds. The SMILES string of the molecule is CCC(N)c1ccn(CCCS(C)(=O)=O)c1. The third-order valence-electron chi connectivity index (χ3n) is 2.57. The van der Waals surface area contributed by atoms with Crippen molar-refractivity contribution in [3.8, 4) is 0 Å². The summed E-state index contributed by atoms with van der Waals surface area (Å²) in [6, 6.07) is 2.07. The van der Waals surface area contributed by atoms with Crippen LogP contribution in [0, 0.1) is 0 Å². The molecule has 0 spiro atoms. The van der Waals surface area contributed by atoms with Gasteiger partial charge in [0.05, 0.1) is 5.75 Å². The zero-order valence-corrected chi connectivity index (χ0v) is 10.7. The summed E-state index contributed by atoms with van der Waals surface area (Å²) in [4.78, 5) is 0. The molecule has 0 radical (unpaired) electrons. The molecule has 16 heavy (non-hydrogen) atoms. The fourth-order valence-corrected chi connectivity index (χ4v) is 2.22. The van der Waals surface area contributed by atoms with Crippen molar-refractivity contribution in [1.29, 1.82) is 0 Å². The Bertz CT molecular complexity index is 423. The maximum atomic E-state index is 11.0. The van der Waals surface area contributed by atoms with Crippen molar-refractivity contribution in [2.75, 3.05) is 12.0 Å². The molecule has 1 atom stereocenters. The van der Waals surface area contributed by atoms with Crippen LogP contribution in [0.5, 0.6) is 0 Å². The monoisotopic (exact) mass is 244 g/mol. The van der Waals surface area contributed by atoms with E-state index in [9.17, 15) is 8.42 Å². The number of nitrogens with zero attached hydrogens (tertiary/aromatic N) is 1. The maximum Gasteiger partial charge on any atom is 0.147 e. The Labute approximate surface area is 97.4 Å². The second kappa shape index (κ2) is 5.50. The van der Waals surface area contributed by atoms with Crippen LogP contribution in [0.2, 0.25) is 0 Å². The van der Waals surface area contributed by atoms with E-state index in [1.807, 2.05) is 30.0 Å². The molecule has 0 aliphatic carbocycles. The lowest BCUT2D eigenvalue weighted by Gasteiger charge is -2.05. The van der Waals surface area contributed by atoms with Crippen LogP contribution in [0.1, 0.15) is 31.4 Å². The van der Waals surface area contributed by atoms with Gasteiger partial charge in [0.2, 0.25) is 0 Å². The summed E-state index contributed by atoms with van der Waals surface area (Å²) in [7, 11) is -2.85. The van der Waals surface area contributed by atoms with Crippen molar-refractivity contribution in [1.82, 2.24) is 4.57 Å². The largest absolute Gasteiger partial charge is 0.354 e. The van der Waals surface area contributed by atoms with E-state index < -0.39 is 9.84 Å². The van der Waals surface area contributed by atoms with Crippen molar-refractivity contribution in [3.05, 3.63) is 24.0 Å². The minimum absolute atomic E-state index is 0.0798. The molecule has 1 rings (SSSR count). The molecule has 0 bridgehead atoms. The molecule has 0 aliphatic heterocycles. The van der Waals surface area contributed by atoms with Gasteiger partial charge in [-0.1, -0.05) is 6.92 Å². The first-order valence-corrected chi connectivity index (χ1v) is 7.57. The fourth-order valence-electron chi connectivity index (χ4n) is 1.56. The fraction of sp³-hybridized carbons (Fsp3) is 0.636. The molecule has 4 nitrogen and oxygen atoms in total. The maximum absolute atomic E-state index is 11.0. The van der Waals surface area contributed by atoms with E-state index >= 15 is 0 Å². The van der Waals surface area contributed by atoms with Crippen molar-refractivity contribution in [3.63, 3.8) is 0 Å². The Balaban J connectivity index is 2.47. The van der Waals surface area contributed by atoms with E-state index in [4.69, 9.17) is 5.73 Å². The molecular weight excluding hydrogens is 224 g/mol. The Morgan fingerprint density at radius 3 is 2.75 bits per heavy atom. The average Bonchev–Trinajstić information content (AvgIpc) is 2.63. The molecule has 0 aliphatic rings. The smallest absolute Gasteiger partial charge is 0.147 e. The molecule has 1 aromatic rings. The van der Waals surface area contributed by atoms with E-state index in [0.717, 1.165) is 18.5 Å². The van der Waals surface area contributed by atoms with E-state index in [0.29, 0.717) is 6.42 Å². The zero-order valence-electron chi connectivity index (χ0n) is 9.89. The highest BCUT2D eigenvalue weighted by Crippen LogP contribution is 2.13. The minimum atomic E-state index is -2.85. The van der Waals surface area contributed by atoms with Crippen LogP contribution in [0.4, 0.5) is 0 Å². The number of hydrogen-bond acceptors (Lipinski definition) is 3. The molecule has 2 N–H and O–H groups in total. The number of aromatic nitrogens is 1. The average molecular weight is 244 g/mol. The summed E-state index contributed by atoms with van der Waals surface area (Å²) in [5.74, 6) is 0.236. The molecule has 0 saturated heterocycles. The third kappa shape index (κ3) is 4.37. The van der Waals surface area contributed by atoms with E-state index in [1.54, 1.807) is 0 Å². The van der Waals surface area contributed by atoms with Gasteiger partial charge in [-0.15, -0.1) is 0 Å². The van der Waals surface area contributed by atoms with Crippen LogP contribution >= 0.6 is 0 Å². The molecule has 0 aromatic carbocycles. The summed E-state index contributed by atoms with van der Waals surface area (Å²) < 4.78 is 23.9. The molecule has 0 saturated carbocycles. The molecule has 5 heteroatoms. The van der Waals surface area contributed by atoms with Crippen molar-refractivity contribution in [2.45, 2.75) is 32.4 Å². The van der Waals surface area contributed by atoms with Crippen LogP contribution in [-0.2, 0) is 16.4 Å². The standard InChI is InChI=1S/C11H20N2O2S/c1-3-11(12)10-5-7-13(9-10)6-4-8-16(2,14)15/h5,7,9,11H,3-4,6,8,12H2,1-2H3. The molecular formula is C11H20N2O2S. The quantitative estimate of drug-likeness (QED) is 0.821. The Hall–Kier alpha value is -0.810. The summed E-state index contributed by atoms with van der Waals surface area (Å²) in [6.07, 6.45) is 6.77. The highest BCUT2D eigenvalue weighted by Gasteiger charge is 2.06. The van der Waals surface area contributed by atoms with Gasteiger partial charge in [0.1, 0.15) is 9.84 Å². The van der Waals surface area contributed by atoms with Crippen LogP contribution in [0.25, 0.3) is 0 Å². The van der Waals surface area contributed by atoms with Crippen molar-refractivity contribution in [2.24, 2.45) is 5.73 Å². The third-order valence-corrected chi connectivity index (χ3v) is 3.60. The number of nitrogens with two attached hydrogens (primary N) is 1. The second-order valence-electron chi connectivity index (χ2n) is 4.18. The Kier molecular flexibility index (Phi) is 4.56. The molecule has 0 fully saturated rings. The van der Waals surface area contributed by atoms with Gasteiger partial charge in [0.25, 0.3) is 0 Å². The Morgan fingerprint density at radius 1 is 1.50 bits per heavy atom. The zero-order chi connectivity index (χ0) is 12.2. The highest BCUT2D eigenvalue weighted by molar-refractivity contribution is 7.90. The molecule has 1 aromatic heterocycles. The number of aryl methyl sites for hydroxylation is 1. The van der Waals surface area contributed by atoms with Gasteiger partial charge in [0, 0.05) is 31.2 Å². The van der Waals surface area contributed by atoms with Gasteiger partial charge < -0.3 is 10.3 Å². The lowest BCUT2D eigenvalue weighted by Crippen LogP contribution is -2.08. The normalized spacial score (nSPS) is 13.9. The predicted octanol–water partition coefficient (Wildman–Crippen LogP) is 1.33. The number of sulfone groups is 1. The molecule has 92 valence electrons. The van der Waals surface area contributed by atoms with Crippen molar-refractivity contribution >= 4 is 9.84 Å².